The van der Waals surface area contributed by atoms with Crippen LogP contribution < -0.4 is 4.90 Å². The molecule has 0 radical (unpaired) electrons. The van der Waals surface area contributed by atoms with E-state index in [-0.39, 0.29) is 12.1 Å². The molecular formula is C12H7BrFNO2. The van der Waals surface area contributed by atoms with Gasteiger partial charge in [-0.3, -0.25) is 9.59 Å². The molecule has 0 atom stereocenters. The Kier molecular flexibility index (Phi) is 2.99. The molecule has 1 aromatic rings. The van der Waals surface area contributed by atoms with Crippen LogP contribution in [0.1, 0.15) is 16.8 Å². The van der Waals surface area contributed by atoms with E-state index in [1.165, 1.54) is 11.0 Å². The number of hydrogen-bond acceptors (Lipinski definition) is 2. The fourth-order valence-electron chi connectivity index (χ4n) is 1.74. The number of anilines is 1. The van der Waals surface area contributed by atoms with Crippen LogP contribution in [0.2, 0.25) is 0 Å². The average molecular weight is 296 g/mol. The minimum atomic E-state index is -0.697. The van der Waals surface area contributed by atoms with Gasteiger partial charge in [0.15, 0.2) is 0 Å². The minimum Gasteiger partial charge on any atom is -0.303 e. The van der Waals surface area contributed by atoms with Crippen LogP contribution in [-0.4, -0.2) is 18.2 Å². The standard InChI is InChI=1S/C12H7BrFNO2/c1-2-3-4-15-10-8(11(16)12(15)17)5-7(14)6-9(10)13/h1,5-6H,3-4H2. The van der Waals surface area contributed by atoms with Crippen LogP contribution in [0.4, 0.5) is 10.1 Å². The van der Waals surface area contributed by atoms with Crippen molar-refractivity contribution in [1.82, 2.24) is 0 Å². The number of hydrogen-bond donors (Lipinski definition) is 0. The van der Waals surface area contributed by atoms with Crippen molar-refractivity contribution in [3.8, 4) is 12.3 Å². The summed E-state index contributed by atoms with van der Waals surface area (Å²) in [6.45, 7) is 0.248. The number of fused-ring (bicyclic) bond motifs is 1. The Morgan fingerprint density at radius 3 is 2.76 bits per heavy atom. The van der Waals surface area contributed by atoms with Crippen molar-refractivity contribution in [2.24, 2.45) is 0 Å². The van der Waals surface area contributed by atoms with E-state index in [1.54, 1.807) is 0 Å². The average Bonchev–Trinajstić information content (AvgIpc) is 2.51. The molecule has 5 heteroatoms. The lowest BCUT2D eigenvalue weighted by Crippen LogP contribution is -2.30. The highest BCUT2D eigenvalue weighted by Gasteiger charge is 2.37. The Morgan fingerprint density at radius 1 is 1.41 bits per heavy atom. The summed E-state index contributed by atoms with van der Waals surface area (Å²) in [5.74, 6) is 0.475. The fourth-order valence-corrected chi connectivity index (χ4v) is 2.39. The molecule has 17 heavy (non-hydrogen) atoms. The summed E-state index contributed by atoms with van der Waals surface area (Å²) in [5, 5.41) is 0. The highest BCUT2D eigenvalue weighted by Crippen LogP contribution is 2.36. The number of terminal acetylenes is 1. The van der Waals surface area contributed by atoms with Gasteiger partial charge in [0.05, 0.1) is 11.3 Å². The first-order valence-electron chi connectivity index (χ1n) is 4.85. The van der Waals surface area contributed by atoms with E-state index < -0.39 is 17.5 Å². The maximum absolute atomic E-state index is 13.2. The number of rotatable bonds is 2. The SMILES string of the molecule is C#CCCN1C(=O)C(=O)c2cc(F)cc(Br)c21. The van der Waals surface area contributed by atoms with Gasteiger partial charge >= 0.3 is 0 Å². The molecule has 0 N–H and O–H groups in total. The van der Waals surface area contributed by atoms with Crippen LogP contribution in [0, 0.1) is 18.2 Å². The quantitative estimate of drug-likeness (QED) is 0.619. The van der Waals surface area contributed by atoms with Crippen molar-refractivity contribution >= 4 is 33.3 Å². The lowest BCUT2D eigenvalue weighted by molar-refractivity contribution is -0.114. The highest BCUT2D eigenvalue weighted by molar-refractivity contribution is 9.10. The van der Waals surface area contributed by atoms with Gasteiger partial charge in [-0.15, -0.1) is 12.3 Å². The monoisotopic (exact) mass is 295 g/mol. The maximum atomic E-state index is 13.2. The lowest BCUT2D eigenvalue weighted by atomic mass is 10.1. The van der Waals surface area contributed by atoms with Gasteiger partial charge in [-0.05, 0) is 28.1 Å². The van der Waals surface area contributed by atoms with Crippen molar-refractivity contribution < 1.29 is 14.0 Å². The number of benzene rings is 1. The van der Waals surface area contributed by atoms with Crippen molar-refractivity contribution in [1.29, 1.82) is 0 Å². The summed E-state index contributed by atoms with van der Waals surface area (Å²) >= 11 is 3.15. The smallest absolute Gasteiger partial charge is 0.299 e. The van der Waals surface area contributed by atoms with Crippen molar-refractivity contribution in [2.45, 2.75) is 6.42 Å². The lowest BCUT2D eigenvalue weighted by Gasteiger charge is -2.16. The number of ketones is 1. The number of Topliss-reactive ketones (excluding diaryl/α,β-unsaturated/α-hetero) is 1. The number of amides is 1. The first-order chi connectivity index (χ1) is 8.06. The summed E-state index contributed by atoms with van der Waals surface area (Å²) in [6, 6.07) is 2.28. The molecule has 86 valence electrons. The largest absolute Gasteiger partial charge is 0.303 e. The predicted molar refractivity (Wildman–Crippen MR) is 64.2 cm³/mol. The first-order valence-corrected chi connectivity index (χ1v) is 5.64. The van der Waals surface area contributed by atoms with Crippen LogP contribution in [0.25, 0.3) is 0 Å². The molecular weight excluding hydrogens is 289 g/mol. The van der Waals surface area contributed by atoms with Crippen molar-refractivity contribution in [2.75, 3.05) is 11.4 Å². The molecule has 3 nitrogen and oxygen atoms in total. The van der Waals surface area contributed by atoms with Gasteiger partial charge in [-0.2, -0.15) is 0 Å². The second kappa shape index (κ2) is 4.30. The number of nitrogens with zero attached hydrogens (tertiary/aromatic N) is 1. The van der Waals surface area contributed by atoms with Gasteiger partial charge in [0.1, 0.15) is 5.82 Å². The van der Waals surface area contributed by atoms with Crippen LogP contribution in [0.15, 0.2) is 16.6 Å². The molecule has 1 aliphatic rings. The molecule has 1 heterocycles. The van der Waals surface area contributed by atoms with Crippen molar-refractivity contribution in [3.63, 3.8) is 0 Å². The van der Waals surface area contributed by atoms with Crippen molar-refractivity contribution in [3.05, 3.63) is 28.0 Å². The van der Waals surface area contributed by atoms with Gasteiger partial charge in [-0.1, -0.05) is 0 Å². The Balaban J connectivity index is 2.53. The highest BCUT2D eigenvalue weighted by atomic mass is 79.9. The van der Waals surface area contributed by atoms with E-state index in [9.17, 15) is 14.0 Å². The third-order valence-corrected chi connectivity index (χ3v) is 3.07. The molecule has 0 saturated heterocycles. The normalized spacial score (nSPS) is 13.8. The second-order valence-electron chi connectivity index (χ2n) is 3.52. The van der Waals surface area contributed by atoms with E-state index >= 15 is 0 Å². The predicted octanol–water partition coefficient (Wildman–Crippen LogP) is 2.14. The van der Waals surface area contributed by atoms with Gasteiger partial charge in [0.2, 0.25) is 0 Å². The Hall–Kier alpha value is -1.67. The molecule has 2 rings (SSSR count). The summed E-state index contributed by atoms with van der Waals surface area (Å²) in [5.41, 5.74) is 0.482. The molecule has 0 aromatic heterocycles. The third kappa shape index (κ3) is 1.85. The fraction of sp³-hybridized carbons (Fsp3) is 0.167. The molecule has 1 amide bonds. The van der Waals surface area contributed by atoms with E-state index in [2.05, 4.69) is 21.9 Å². The van der Waals surface area contributed by atoms with Crippen LogP contribution in [0.3, 0.4) is 0 Å². The van der Waals surface area contributed by atoms with E-state index in [1.807, 2.05) is 0 Å². The zero-order valence-corrected chi connectivity index (χ0v) is 10.3. The molecule has 0 saturated carbocycles. The molecule has 0 aliphatic carbocycles. The summed E-state index contributed by atoms with van der Waals surface area (Å²) < 4.78 is 13.5. The van der Waals surface area contributed by atoms with Gasteiger partial charge in [0, 0.05) is 17.4 Å². The zero-order valence-electron chi connectivity index (χ0n) is 8.67. The topological polar surface area (TPSA) is 37.4 Å². The molecule has 1 aromatic carbocycles. The van der Waals surface area contributed by atoms with Crippen LogP contribution in [-0.2, 0) is 4.79 Å². The number of halogens is 2. The summed E-state index contributed by atoms with van der Waals surface area (Å²) in [4.78, 5) is 24.6. The maximum Gasteiger partial charge on any atom is 0.299 e. The number of carbonyl (C=O) groups excluding carboxylic acids is 2. The second-order valence-corrected chi connectivity index (χ2v) is 4.38. The first kappa shape index (κ1) is 11.8. The summed E-state index contributed by atoms with van der Waals surface area (Å²) in [6.07, 6.45) is 5.46. The van der Waals surface area contributed by atoms with E-state index in [0.29, 0.717) is 16.6 Å². The molecule has 0 bridgehead atoms. The third-order valence-electron chi connectivity index (χ3n) is 2.46. The minimum absolute atomic E-state index is 0.0823. The molecule has 0 fully saturated rings. The number of carbonyl (C=O) groups is 2. The van der Waals surface area contributed by atoms with Gasteiger partial charge in [0.25, 0.3) is 11.7 Å². The summed E-state index contributed by atoms with van der Waals surface area (Å²) in [7, 11) is 0. The van der Waals surface area contributed by atoms with Crippen LogP contribution in [0.5, 0.6) is 0 Å². The Labute approximate surface area is 106 Å². The van der Waals surface area contributed by atoms with Crippen LogP contribution >= 0.6 is 15.9 Å². The Morgan fingerprint density at radius 2 is 2.12 bits per heavy atom. The molecule has 0 unspecified atom stereocenters. The molecule has 0 spiro atoms. The zero-order chi connectivity index (χ0) is 12.6. The Bertz CT molecular complexity index is 562. The molecule has 1 aliphatic heterocycles. The van der Waals surface area contributed by atoms with E-state index in [0.717, 1.165) is 6.07 Å². The van der Waals surface area contributed by atoms with Gasteiger partial charge < -0.3 is 4.90 Å². The van der Waals surface area contributed by atoms with Gasteiger partial charge in [-0.25, -0.2) is 4.39 Å². The van der Waals surface area contributed by atoms with E-state index in [4.69, 9.17) is 6.42 Å².